The van der Waals surface area contributed by atoms with Crippen LogP contribution in [0, 0.1) is 5.92 Å². The maximum absolute atomic E-state index is 11.9. The third kappa shape index (κ3) is 6.14. The Morgan fingerprint density at radius 1 is 1.20 bits per heavy atom. The number of hydrogen-bond donors (Lipinski definition) is 1. The Hall–Kier alpha value is -2.49. The lowest BCUT2D eigenvalue weighted by molar-refractivity contribution is -0.141. The van der Waals surface area contributed by atoms with Crippen molar-refractivity contribution in [1.29, 1.82) is 0 Å². The lowest BCUT2D eigenvalue weighted by Crippen LogP contribution is -2.40. The van der Waals surface area contributed by atoms with E-state index in [0.717, 1.165) is 23.1 Å². The fourth-order valence-corrected chi connectivity index (χ4v) is 2.41. The first-order valence-electron chi connectivity index (χ1n) is 8.46. The number of allylic oxidation sites excluding steroid dienone is 4. The maximum Gasteiger partial charge on any atom is 0.328 e. The van der Waals surface area contributed by atoms with E-state index in [1.54, 1.807) is 0 Å². The van der Waals surface area contributed by atoms with E-state index in [9.17, 15) is 4.79 Å². The third-order valence-electron chi connectivity index (χ3n) is 4.46. The van der Waals surface area contributed by atoms with Crippen molar-refractivity contribution in [2.45, 2.75) is 33.7 Å². The molecule has 0 aliphatic carbocycles. The van der Waals surface area contributed by atoms with Gasteiger partial charge < -0.3 is 14.7 Å². The molecule has 2 atom stereocenters. The normalized spacial score (nSPS) is 15.1. The molecule has 1 aromatic rings. The number of para-hydroxylation sites is 1. The number of carbonyl (C=O) groups excluding carboxylic acids is 1. The number of hydrogen-bond acceptors (Lipinski definition) is 4. The molecule has 0 aliphatic heterocycles. The Morgan fingerprint density at radius 3 is 2.40 bits per heavy atom. The van der Waals surface area contributed by atoms with E-state index in [-0.39, 0.29) is 17.9 Å². The van der Waals surface area contributed by atoms with E-state index in [4.69, 9.17) is 9.84 Å². The molecule has 25 heavy (non-hydrogen) atoms. The number of esters is 1. The average Bonchev–Trinajstić information content (AvgIpc) is 2.65. The largest absolute Gasteiger partial charge is 0.516 e. The van der Waals surface area contributed by atoms with Crippen LogP contribution in [0.5, 0.6) is 0 Å². The topological polar surface area (TPSA) is 49.8 Å². The molecule has 0 fully saturated rings. The second-order valence-corrected chi connectivity index (χ2v) is 6.12. The number of benzene rings is 1. The van der Waals surface area contributed by atoms with Gasteiger partial charge in [0.2, 0.25) is 0 Å². The first kappa shape index (κ1) is 20.6. The highest BCUT2D eigenvalue weighted by atomic mass is 16.5. The minimum Gasteiger partial charge on any atom is -0.516 e. The highest BCUT2D eigenvalue weighted by molar-refractivity contribution is 5.79. The summed E-state index contributed by atoms with van der Waals surface area (Å²) >= 11 is 0. The minimum absolute atomic E-state index is 0.189. The Bertz CT molecular complexity index is 632. The van der Waals surface area contributed by atoms with E-state index in [1.165, 1.54) is 7.11 Å². The van der Waals surface area contributed by atoms with Gasteiger partial charge in [-0.3, -0.25) is 0 Å². The van der Waals surface area contributed by atoms with Crippen LogP contribution in [0.25, 0.3) is 0 Å². The Balaban J connectivity index is 2.87. The summed E-state index contributed by atoms with van der Waals surface area (Å²) in [6, 6.07) is 9.43. The van der Waals surface area contributed by atoms with Crippen molar-refractivity contribution in [3.8, 4) is 0 Å². The van der Waals surface area contributed by atoms with E-state index < -0.39 is 0 Å². The van der Waals surface area contributed by atoms with Crippen LogP contribution < -0.4 is 4.90 Å². The number of methoxy groups -OCH3 is 1. The van der Waals surface area contributed by atoms with Crippen molar-refractivity contribution in [2.75, 3.05) is 18.6 Å². The van der Waals surface area contributed by atoms with Gasteiger partial charge >= 0.3 is 5.97 Å². The molecule has 0 amide bonds. The van der Waals surface area contributed by atoms with Crippen LogP contribution in [0.4, 0.5) is 5.69 Å². The van der Waals surface area contributed by atoms with Gasteiger partial charge in [-0.1, -0.05) is 48.9 Å². The molecule has 0 radical (unpaired) electrons. The van der Waals surface area contributed by atoms with E-state index in [0.29, 0.717) is 6.54 Å². The van der Waals surface area contributed by atoms with Crippen LogP contribution in [0.2, 0.25) is 0 Å². The SMILES string of the molecule is COC(=O)C(C)N(C/C=C/C=C(\C)C(C)/C(C)=C\O)c1ccccc1. The molecule has 0 heterocycles. The molecule has 0 aliphatic rings. The molecular formula is C21H29NO3. The van der Waals surface area contributed by atoms with Gasteiger partial charge in [0.15, 0.2) is 0 Å². The molecular weight excluding hydrogens is 314 g/mol. The van der Waals surface area contributed by atoms with Gasteiger partial charge in [0.25, 0.3) is 0 Å². The molecule has 4 heteroatoms. The quantitative estimate of drug-likeness (QED) is 0.424. The van der Waals surface area contributed by atoms with E-state index >= 15 is 0 Å². The van der Waals surface area contributed by atoms with Gasteiger partial charge in [-0.15, -0.1) is 0 Å². The zero-order chi connectivity index (χ0) is 18.8. The number of nitrogens with zero attached hydrogens (tertiary/aromatic N) is 1. The van der Waals surface area contributed by atoms with Crippen LogP contribution in [-0.4, -0.2) is 30.8 Å². The first-order chi connectivity index (χ1) is 11.9. The lowest BCUT2D eigenvalue weighted by atomic mass is 9.95. The number of carbonyl (C=O) groups is 1. The highest BCUT2D eigenvalue weighted by Crippen LogP contribution is 2.19. The summed E-state index contributed by atoms with van der Waals surface area (Å²) in [6.45, 7) is 8.42. The molecule has 1 aromatic carbocycles. The molecule has 1 N–H and O–H groups in total. The zero-order valence-electron chi connectivity index (χ0n) is 15.8. The fraction of sp³-hybridized carbons (Fsp3) is 0.381. The summed E-state index contributed by atoms with van der Waals surface area (Å²) < 4.78 is 4.88. The van der Waals surface area contributed by atoms with Crippen LogP contribution in [-0.2, 0) is 9.53 Å². The zero-order valence-corrected chi connectivity index (χ0v) is 15.8. The lowest BCUT2D eigenvalue weighted by Gasteiger charge is -2.28. The molecule has 0 saturated heterocycles. The van der Waals surface area contributed by atoms with Gasteiger partial charge in [-0.25, -0.2) is 4.79 Å². The monoisotopic (exact) mass is 343 g/mol. The summed E-state index contributed by atoms with van der Waals surface area (Å²) in [5.74, 6) is -0.0739. The smallest absolute Gasteiger partial charge is 0.328 e. The summed E-state index contributed by atoms with van der Waals surface area (Å²) in [6.07, 6.45) is 7.18. The van der Waals surface area contributed by atoms with Crippen molar-refractivity contribution < 1.29 is 14.6 Å². The van der Waals surface area contributed by atoms with Crippen molar-refractivity contribution in [2.24, 2.45) is 5.92 Å². The number of aliphatic hydroxyl groups excluding tert-OH is 1. The van der Waals surface area contributed by atoms with Crippen molar-refractivity contribution >= 4 is 11.7 Å². The molecule has 0 bridgehead atoms. The summed E-state index contributed by atoms with van der Waals surface area (Å²) in [7, 11) is 1.41. The molecule has 0 aromatic heterocycles. The number of rotatable bonds is 8. The van der Waals surface area contributed by atoms with Gasteiger partial charge in [0.05, 0.1) is 13.4 Å². The Labute approximate surface area is 151 Å². The molecule has 0 spiro atoms. The van der Waals surface area contributed by atoms with Gasteiger partial charge in [0.1, 0.15) is 6.04 Å². The van der Waals surface area contributed by atoms with Crippen LogP contribution in [0.1, 0.15) is 27.7 Å². The van der Waals surface area contributed by atoms with Gasteiger partial charge in [0, 0.05) is 18.2 Å². The number of ether oxygens (including phenoxy) is 1. The standard InChI is InChI=1S/C21H29NO3/c1-16(18(3)17(2)15-23)11-9-10-14-22(19(4)21(24)25-5)20-12-7-6-8-13-20/h6-13,15,18-19,23H,14H2,1-5H3/b10-9+,16-11+,17-15-. The van der Waals surface area contributed by atoms with Crippen molar-refractivity contribution in [3.63, 3.8) is 0 Å². The Kier molecular flexibility index (Phi) is 8.54. The molecule has 136 valence electrons. The summed E-state index contributed by atoms with van der Waals surface area (Å²) in [4.78, 5) is 13.9. The second kappa shape index (κ2) is 10.4. The number of aliphatic hydroxyl groups is 1. The average molecular weight is 343 g/mol. The van der Waals surface area contributed by atoms with E-state index in [2.05, 4.69) is 6.92 Å². The predicted molar refractivity (Wildman–Crippen MR) is 104 cm³/mol. The number of anilines is 1. The van der Waals surface area contributed by atoms with Gasteiger partial charge in [-0.2, -0.15) is 0 Å². The third-order valence-corrected chi connectivity index (χ3v) is 4.46. The van der Waals surface area contributed by atoms with Crippen LogP contribution in [0.15, 0.2) is 66.0 Å². The van der Waals surface area contributed by atoms with Gasteiger partial charge in [-0.05, 0) is 38.5 Å². The Morgan fingerprint density at radius 2 is 1.84 bits per heavy atom. The predicted octanol–water partition coefficient (Wildman–Crippen LogP) is 4.65. The summed E-state index contributed by atoms with van der Waals surface area (Å²) in [5, 5.41) is 9.10. The highest BCUT2D eigenvalue weighted by Gasteiger charge is 2.21. The molecule has 0 saturated carbocycles. The van der Waals surface area contributed by atoms with E-state index in [1.807, 2.05) is 74.2 Å². The summed E-state index contributed by atoms with van der Waals surface area (Å²) in [5.41, 5.74) is 3.05. The molecule has 1 rings (SSSR count). The maximum atomic E-state index is 11.9. The first-order valence-corrected chi connectivity index (χ1v) is 8.46. The van der Waals surface area contributed by atoms with Crippen molar-refractivity contribution in [3.05, 3.63) is 66.0 Å². The molecule has 4 nitrogen and oxygen atoms in total. The second-order valence-electron chi connectivity index (χ2n) is 6.12. The van der Waals surface area contributed by atoms with Crippen LogP contribution >= 0.6 is 0 Å². The van der Waals surface area contributed by atoms with Crippen LogP contribution in [0.3, 0.4) is 0 Å². The van der Waals surface area contributed by atoms with Crippen molar-refractivity contribution in [1.82, 2.24) is 0 Å². The molecule has 2 unspecified atom stereocenters. The minimum atomic E-state index is -0.374. The fourth-order valence-electron chi connectivity index (χ4n) is 2.41.